The van der Waals surface area contributed by atoms with E-state index in [-0.39, 0.29) is 0 Å². The van der Waals surface area contributed by atoms with Crippen molar-refractivity contribution >= 4 is 0 Å². The van der Waals surface area contributed by atoms with E-state index in [2.05, 4.69) is 65.5 Å². The maximum Gasteiger partial charge on any atom is 0.0521 e. The minimum Gasteiger partial charge on any atom is -0.297 e. The first kappa shape index (κ1) is 17.9. The van der Waals surface area contributed by atoms with Crippen LogP contribution in [0.3, 0.4) is 0 Å². The maximum atomic E-state index is 4.90. The molecule has 3 heterocycles. The first-order valence-corrected chi connectivity index (χ1v) is 9.88. The van der Waals surface area contributed by atoms with E-state index in [0.717, 1.165) is 31.7 Å². The second-order valence-corrected chi connectivity index (χ2v) is 7.72. The second-order valence-electron chi connectivity index (χ2n) is 7.72. The normalized spacial score (nSPS) is 17.9. The fourth-order valence-electron chi connectivity index (χ4n) is 4.14. The van der Waals surface area contributed by atoms with E-state index in [1.165, 1.54) is 35.4 Å². The molecule has 1 aliphatic rings. The fourth-order valence-corrected chi connectivity index (χ4v) is 4.14. The van der Waals surface area contributed by atoms with E-state index < -0.39 is 0 Å². The predicted molar refractivity (Wildman–Crippen MR) is 109 cm³/mol. The highest BCUT2D eigenvalue weighted by atomic mass is 15.3. The van der Waals surface area contributed by atoms with Crippen LogP contribution >= 0.6 is 0 Å². The molecule has 1 fully saturated rings. The number of likely N-dealkylation sites (tertiary alicyclic amines) is 1. The summed E-state index contributed by atoms with van der Waals surface area (Å²) in [5.41, 5.74) is 6.39. The summed E-state index contributed by atoms with van der Waals surface area (Å²) in [6, 6.07) is 17.4. The molecule has 0 amide bonds. The monoisotopic (exact) mass is 360 g/mol. The van der Waals surface area contributed by atoms with Gasteiger partial charge in [-0.2, -0.15) is 5.10 Å². The summed E-state index contributed by atoms with van der Waals surface area (Å²) in [5, 5.41) is 4.30. The quantitative estimate of drug-likeness (QED) is 0.687. The maximum absolute atomic E-state index is 4.90. The van der Waals surface area contributed by atoms with Gasteiger partial charge >= 0.3 is 0 Å². The SMILES string of the molecule is Cc1cc(Cc2ccccc2)cc([C@@H]2CCCN(Cc3ccnn3C)C2)n1. The van der Waals surface area contributed by atoms with Crippen molar-refractivity contribution in [3.05, 3.63) is 82.9 Å². The minimum absolute atomic E-state index is 0.515. The van der Waals surface area contributed by atoms with E-state index in [0.29, 0.717) is 5.92 Å². The Labute approximate surface area is 161 Å². The molecule has 140 valence electrons. The number of nitrogens with zero attached hydrogens (tertiary/aromatic N) is 4. The van der Waals surface area contributed by atoms with Gasteiger partial charge in [0.2, 0.25) is 0 Å². The number of pyridine rings is 1. The van der Waals surface area contributed by atoms with Gasteiger partial charge in [-0.05, 0) is 62.1 Å². The summed E-state index contributed by atoms with van der Waals surface area (Å²) in [7, 11) is 2.02. The molecule has 4 nitrogen and oxygen atoms in total. The van der Waals surface area contributed by atoms with Crippen molar-refractivity contribution in [2.45, 2.75) is 38.6 Å². The molecular weight excluding hydrogens is 332 g/mol. The van der Waals surface area contributed by atoms with Crippen LogP contribution < -0.4 is 0 Å². The van der Waals surface area contributed by atoms with Crippen molar-refractivity contribution in [3.8, 4) is 0 Å². The average Bonchev–Trinajstić information content (AvgIpc) is 3.07. The van der Waals surface area contributed by atoms with Gasteiger partial charge in [-0.3, -0.25) is 14.6 Å². The number of piperidine rings is 1. The summed E-state index contributed by atoms with van der Waals surface area (Å²) >= 11 is 0. The molecule has 0 radical (unpaired) electrons. The van der Waals surface area contributed by atoms with Crippen molar-refractivity contribution in [2.75, 3.05) is 13.1 Å². The third kappa shape index (κ3) is 4.45. The predicted octanol–water partition coefficient (Wildman–Crippen LogP) is 4.09. The molecule has 2 aromatic heterocycles. The molecular formula is C23H28N4. The van der Waals surface area contributed by atoms with Gasteiger partial charge in [0.05, 0.1) is 5.69 Å². The van der Waals surface area contributed by atoms with Gasteiger partial charge in [-0.1, -0.05) is 30.3 Å². The molecule has 0 spiro atoms. The Morgan fingerprint density at radius 1 is 1.07 bits per heavy atom. The van der Waals surface area contributed by atoms with Crippen LogP contribution in [0.1, 0.15) is 47.0 Å². The van der Waals surface area contributed by atoms with Gasteiger partial charge in [0, 0.05) is 43.6 Å². The molecule has 0 bridgehead atoms. The summed E-state index contributed by atoms with van der Waals surface area (Å²) in [4.78, 5) is 7.45. The van der Waals surface area contributed by atoms with Crippen molar-refractivity contribution in [3.63, 3.8) is 0 Å². The topological polar surface area (TPSA) is 34.0 Å². The highest BCUT2D eigenvalue weighted by Gasteiger charge is 2.23. The Hall–Kier alpha value is -2.46. The zero-order valence-corrected chi connectivity index (χ0v) is 16.3. The fraction of sp³-hybridized carbons (Fsp3) is 0.391. The van der Waals surface area contributed by atoms with Crippen LogP contribution in [0.15, 0.2) is 54.7 Å². The lowest BCUT2D eigenvalue weighted by Gasteiger charge is -2.32. The Kier molecular flexibility index (Phi) is 5.35. The first-order valence-electron chi connectivity index (χ1n) is 9.88. The smallest absolute Gasteiger partial charge is 0.0521 e. The van der Waals surface area contributed by atoms with E-state index in [1.807, 2.05) is 17.9 Å². The Morgan fingerprint density at radius 2 is 1.93 bits per heavy atom. The number of aryl methyl sites for hydroxylation is 2. The van der Waals surface area contributed by atoms with Crippen LogP contribution in [0.5, 0.6) is 0 Å². The number of hydrogen-bond donors (Lipinski definition) is 0. The Morgan fingerprint density at radius 3 is 2.70 bits per heavy atom. The summed E-state index contributed by atoms with van der Waals surface area (Å²) in [6.45, 7) is 5.32. The van der Waals surface area contributed by atoms with Gasteiger partial charge in [0.25, 0.3) is 0 Å². The number of hydrogen-bond acceptors (Lipinski definition) is 3. The molecule has 27 heavy (non-hydrogen) atoms. The molecule has 1 aliphatic heterocycles. The standard InChI is InChI=1S/C23H28N4/c1-18-13-20(14-19-7-4-3-5-8-19)15-23(25-18)21-9-6-12-27(16-21)17-22-10-11-24-26(22)2/h3-5,7-8,10-11,13,15,21H,6,9,12,14,16-17H2,1-2H3/t21-/m1/s1. The van der Waals surface area contributed by atoms with Crippen molar-refractivity contribution in [1.29, 1.82) is 0 Å². The summed E-state index contributed by atoms with van der Waals surface area (Å²) < 4.78 is 1.98. The average molecular weight is 361 g/mol. The van der Waals surface area contributed by atoms with E-state index in [1.54, 1.807) is 0 Å². The molecule has 0 aliphatic carbocycles. The lowest BCUT2D eigenvalue weighted by molar-refractivity contribution is 0.194. The molecule has 0 saturated carbocycles. The minimum atomic E-state index is 0.515. The van der Waals surface area contributed by atoms with Crippen LogP contribution in [0.2, 0.25) is 0 Å². The summed E-state index contributed by atoms with van der Waals surface area (Å²) in [5.74, 6) is 0.515. The molecule has 1 aromatic carbocycles. The Bertz CT molecular complexity index is 884. The van der Waals surface area contributed by atoms with Gasteiger partial charge in [0.1, 0.15) is 0 Å². The first-order chi connectivity index (χ1) is 13.2. The molecule has 1 atom stereocenters. The zero-order valence-electron chi connectivity index (χ0n) is 16.3. The van der Waals surface area contributed by atoms with Crippen LogP contribution in [0.4, 0.5) is 0 Å². The molecule has 3 aromatic rings. The highest BCUT2D eigenvalue weighted by molar-refractivity contribution is 5.30. The van der Waals surface area contributed by atoms with Crippen LogP contribution in [0.25, 0.3) is 0 Å². The van der Waals surface area contributed by atoms with E-state index in [9.17, 15) is 0 Å². The highest BCUT2D eigenvalue weighted by Crippen LogP contribution is 2.28. The molecule has 0 N–H and O–H groups in total. The van der Waals surface area contributed by atoms with Gasteiger partial charge < -0.3 is 0 Å². The molecule has 1 saturated heterocycles. The zero-order chi connectivity index (χ0) is 18.6. The van der Waals surface area contributed by atoms with Crippen LogP contribution in [-0.2, 0) is 20.0 Å². The lowest BCUT2D eigenvalue weighted by atomic mass is 9.92. The molecule has 4 rings (SSSR count). The number of rotatable bonds is 5. The summed E-state index contributed by atoms with van der Waals surface area (Å²) in [6.07, 6.45) is 5.31. The lowest BCUT2D eigenvalue weighted by Crippen LogP contribution is -2.34. The van der Waals surface area contributed by atoms with Gasteiger partial charge in [-0.15, -0.1) is 0 Å². The molecule has 4 heteroatoms. The van der Waals surface area contributed by atoms with Crippen LogP contribution in [-0.4, -0.2) is 32.8 Å². The number of aromatic nitrogens is 3. The Balaban J connectivity index is 1.49. The van der Waals surface area contributed by atoms with E-state index >= 15 is 0 Å². The third-order valence-corrected chi connectivity index (χ3v) is 5.52. The third-order valence-electron chi connectivity index (χ3n) is 5.52. The van der Waals surface area contributed by atoms with E-state index in [4.69, 9.17) is 4.98 Å². The van der Waals surface area contributed by atoms with Crippen LogP contribution in [0, 0.1) is 6.92 Å². The van der Waals surface area contributed by atoms with Gasteiger partial charge in [0.15, 0.2) is 0 Å². The van der Waals surface area contributed by atoms with Crippen molar-refractivity contribution in [2.24, 2.45) is 7.05 Å². The van der Waals surface area contributed by atoms with Crippen molar-refractivity contribution < 1.29 is 0 Å². The number of benzene rings is 1. The van der Waals surface area contributed by atoms with Gasteiger partial charge in [-0.25, -0.2) is 0 Å². The second kappa shape index (κ2) is 8.05. The molecule has 0 unspecified atom stereocenters. The largest absolute Gasteiger partial charge is 0.297 e. The van der Waals surface area contributed by atoms with Crippen molar-refractivity contribution in [1.82, 2.24) is 19.7 Å².